The van der Waals surface area contributed by atoms with Gasteiger partial charge in [0.1, 0.15) is 5.75 Å². The van der Waals surface area contributed by atoms with E-state index in [2.05, 4.69) is 5.32 Å². The van der Waals surface area contributed by atoms with Gasteiger partial charge in [0.25, 0.3) is 0 Å². The van der Waals surface area contributed by atoms with Gasteiger partial charge in [0.2, 0.25) is 0 Å². The summed E-state index contributed by atoms with van der Waals surface area (Å²) in [4.78, 5) is 27.5. The van der Waals surface area contributed by atoms with Gasteiger partial charge in [0.15, 0.2) is 5.78 Å². The molecule has 0 spiro atoms. The summed E-state index contributed by atoms with van der Waals surface area (Å²) in [5.41, 5.74) is 1.42. The van der Waals surface area contributed by atoms with Crippen LogP contribution in [0.5, 0.6) is 5.75 Å². The van der Waals surface area contributed by atoms with E-state index in [1.165, 1.54) is 0 Å². The lowest BCUT2D eigenvalue weighted by atomic mass is 9.89. The first-order chi connectivity index (χ1) is 14.1. The molecule has 3 aromatic carbocycles. The summed E-state index contributed by atoms with van der Waals surface area (Å²) in [6.07, 6.45) is 1.62. The molecule has 29 heavy (non-hydrogen) atoms. The molecular weight excluding hydrogens is 364 g/mol. The molecule has 1 aliphatic rings. The molecule has 148 valence electrons. The quantitative estimate of drug-likeness (QED) is 0.642. The predicted molar refractivity (Wildman–Crippen MR) is 115 cm³/mol. The van der Waals surface area contributed by atoms with E-state index in [4.69, 9.17) is 4.74 Å². The predicted octanol–water partition coefficient (Wildman–Crippen LogP) is 4.98. The van der Waals surface area contributed by atoms with Crippen LogP contribution in [-0.4, -0.2) is 36.9 Å². The van der Waals surface area contributed by atoms with Gasteiger partial charge < -0.3 is 15.0 Å². The van der Waals surface area contributed by atoms with Gasteiger partial charge in [-0.15, -0.1) is 0 Å². The zero-order chi connectivity index (χ0) is 20.2. The number of urea groups is 1. The fraction of sp³-hybridized carbons (Fsp3) is 0.250. The van der Waals surface area contributed by atoms with Crippen LogP contribution in [0.2, 0.25) is 0 Å². The van der Waals surface area contributed by atoms with Crippen LogP contribution in [0.15, 0.2) is 66.7 Å². The standard InChI is InChI=1S/C24H24N2O3/c1-29-22-12-10-21(11-13-22)25-24(28)26-14-4-7-20(16-26)23(27)19-9-8-17-5-2-3-6-18(17)15-19/h2-3,5-6,8-13,15,20H,4,7,14,16H2,1H3,(H,25,28). The van der Waals surface area contributed by atoms with E-state index in [9.17, 15) is 9.59 Å². The molecule has 3 aromatic rings. The molecule has 1 unspecified atom stereocenters. The fourth-order valence-corrected chi connectivity index (χ4v) is 3.83. The Bertz CT molecular complexity index is 1030. The van der Waals surface area contributed by atoms with E-state index in [-0.39, 0.29) is 17.7 Å². The van der Waals surface area contributed by atoms with Crippen molar-refractivity contribution in [1.82, 2.24) is 4.90 Å². The molecular formula is C24H24N2O3. The largest absolute Gasteiger partial charge is 0.497 e. The summed E-state index contributed by atoms with van der Waals surface area (Å²) in [5.74, 6) is 0.672. The summed E-state index contributed by atoms with van der Waals surface area (Å²) in [6.45, 7) is 1.09. The molecule has 1 saturated heterocycles. The number of rotatable bonds is 4. The molecule has 0 radical (unpaired) electrons. The molecule has 0 aromatic heterocycles. The van der Waals surface area contributed by atoms with Crippen molar-refractivity contribution >= 4 is 28.3 Å². The molecule has 2 amide bonds. The highest BCUT2D eigenvalue weighted by molar-refractivity contribution is 6.01. The average molecular weight is 388 g/mol. The summed E-state index contributed by atoms with van der Waals surface area (Å²) >= 11 is 0. The highest BCUT2D eigenvalue weighted by Gasteiger charge is 2.29. The molecule has 1 heterocycles. The Morgan fingerprint density at radius 1 is 1.00 bits per heavy atom. The molecule has 0 saturated carbocycles. The topological polar surface area (TPSA) is 58.6 Å². The monoisotopic (exact) mass is 388 g/mol. The van der Waals surface area contributed by atoms with Gasteiger partial charge in [-0.1, -0.05) is 36.4 Å². The average Bonchev–Trinajstić information content (AvgIpc) is 2.79. The third-order valence-corrected chi connectivity index (χ3v) is 5.45. The van der Waals surface area contributed by atoms with Gasteiger partial charge in [-0.05, 0) is 53.9 Å². The minimum absolute atomic E-state index is 0.109. The number of hydrogen-bond acceptors (Lipinski definition) is 3. The second-order valence-corrected chi connectivity index (χ2v) is 7.37. The minimum atomic E-state index is -0.175. The maximum absolute atomic E-state index is 13.1. The van der Waals surface area contributed by atoms with E-state index in [1.807, 2.05) is 42.5 Å². The van der Waals surface area contributed by atoms with Crippen molar-refractivity contribution in [3.05, 3.63) is 72.3 Å². The summed E-state index contributed by atoms with van der Waals surface area (Å²) in [6, 6.07) is 20.9. The first-order valence-electron chi connectivity index (χ1n) is 9.87. The summed E-state index contributed by atoms with van der Waals surface area (Å²) < 4.78 is 5.14. The number of benzene rings is 3. The Balaban J connectivity index is 1.43. The van der Waals surface area contributed by atoms with Crippen LogP contribution in [0.1, 0.15) is 23.2 Å². The molecule has 0 bridgehead atoms. The van der Waals surface area contributed by atoms with Crippen molar-refractivity contribution in [3.8, 4) is 5.75 Å². The number of nitrogens with one attached hydrogen (secondary N) is 1. The van der Waals surface area contributed by atoms with Gasteiger partial charge in [0.05, 0.1) is 7.11 Å². The van der Waals surface area contributed by atoms with Crippen molar-refractivity contribution in [2.24, 2.45) is 5.92 Å². The molecule has 0 aliphatic carbocycles. The van der Waals surface area contributed by atoms with Crippen LogP contribution >= 0.6 is 0 Å². The molecule has 1 atom stereocenters. The first kappa shape index (κ1) is 19.0. The molecule has 1 N–H and O–H groups in total. The molecule has 1 fully saturated rings. The maximum Gasteiger partial charge on any atom is 0.321 e. The number of anilines is 1. The molecule has 4 rings (SSSR count). The van der Waals surface area contributed by atoms with Crippen LogP contribution in [-0.2, 0) is 0 Å². The van der Waals surface area contributed by atoms with Crippen LogP contribution in [0, 0.1) is 5.92 Å². The number of carbonyl (C=O) groups is 2. The Morgan fingerprint density at radius 2 is 1.76 bits per heavy atom. The minimum Gasteiger partial charge on any atom is -0.497 e. The number of ether oxygens (including phenoxy) is 1. The number of Topliss-reactive ketones (excluding diaryl/α,β-unsaturated/α-hetero) is 1. The molecule has 1 aliphatic heterocycles. The van der Waals surface area contributed by atoms with Crippen molar-refractivity contribution in [2.45, 2.75) is 12.8 Å². The van der Waals surface area contributed by atoms with Crippen LogP contribution in [0.3, 0.4) is 0 Å². The normalized spacial score (nSPS) is 16.4. The number of piperidine rings is 1. The Hall–Kier alpha value is -3.34. The second kappa shape index (κ2) is 8.35. The van der Waals surface area contributed by atoms with Gasteiger partial charge in [-0.2, -0.15) is 0 Å². The number of fused-ring (bicyclic) bond motifs is 1. The zero-order valence-electron chi connectivity index (χ0n) is 16.4. The third kappa shape index (κ3) is 4.24. The Morgan fingerprint density at radius 3 is 2.52 bits per heavy atom. The summed E-state index contributed by atoms with van der Waals surface area (Å²) in [7, 11) is 1.61. The van der Waals surface area contributed by atoms with Gasteiger partial charge in [-0.3, -0.25) is 4.79 Å². The number of ketones is 1. The zero-order valence-corrected chi connectivity index (χ0v) is 16.4. The highest BCUT2D eigenvalue weighted by Crippen LogP contribution is 2.24. The van der Waals surface area contributed by atoms with Crippen molar-refractivity contribution in [3.63, 3.8) is 0 Å². The van der Waals surface area contributed by atoms with Gasteiger partial charge in [-0.25, -0.2) is 4.79 Å². The first-order valence-corrected chi connectivity index (χ1v) is 9.87. The van der Waals surface area contributed by atoms with Crippen molar-refractivity contribution < 1.29 is 14.3 Å². The number of methoxy groups -OCH3 is 1. The lowest BCUT2D eigenvalue weighted by Crippen LogP contribution is -2.44. The Labute approximate surface area is 170 Å². The van der Waals surface area contributed by atoms with Gasteiger partial charge in [0, 0.05) is 30.3 Å². The van der Waals surface area contributed by atoms with Crippen LogP contribution in [0.4, 0.5) is 10.5 Å². The fourth-order valence-electron chi connectivity index (χ4n) is 3.83. The second-order valence-electron chi connectivity index (χ2n) is 7.37. The van der Waals surface area contributed by atoms with Crippen LogP contribution < -0.4 is 10.1 Å². The SMILES string of the molecule is COc1ccc(NC(=O)N2CCCC(C(=O)c3ccc4ccccc4c3)C2)cc1. The molecule has 5 nitrogen and oxygen atoms in total. The lowest BCUT2D eigenvalue weighted by Gasteiger charge is -2.32. The van der Waals surface area contributed by atoms with Crippen molar-refractivity contribution in [2.75, 3.05) is 25.5 Å². The number of likely N-dealkylation sites (tertiary alicyclic amines) is 1. The van der Waals surface area contributed by atoms with E-state index < -0.39 is 0 Å². The van der Waals surface area contributed by atoms with Gasteiger partial charge >= 0.3 is 6.03 Å². The van der Waals surface area contributed by atoms with E-state index >= 15 is 0 Å². The Kier molecular flexibility index (Phi) is 5.47. The number of amides is 2. The lowest BCUT2D eigenvalue weighted by molar-refractivity contribution is 0.0851. The van der Waals surface area contributed by atoms with Crippen molar-refractivity contribution in [1.29, 1.82) is 0 Å². The maximum atomic E-state index is 13.1. The summed E-state index contributed by atoms with van der Waals surface area (Å²) in [5, 5.41) is 5.08. The number of carbonyl (C=O) groups excluding carboxylic acids is 2. The van der Waals surface area contributed by atoms with E-state index in [0.29, 0.717) is 24.3 Å². The van der Waals surface area contributed by atoms with E-state index in [1.54, 1.807) is 36.3 Å². The smallest absolute Gasteiger partial charge is 0.321 e. The number of hydrogen-bond donors (Lipinski definition) is 1. The van der Waals surface area contributed by atoms with E-state index in [0.717, 1.165) is 29.4 Å². The highest BCUT2D eigenvalue weighted by atomic mass is 16.5. The third-order valence-electron chi connectivity index (χ3n) is 5.45. The molecule has 5 heteroatoms. The van der Waals surface area contributed by atoms with Crippen LogP contribution in [0.25, 0.3) is 10.8 Å². The number of nitrogens with zero attached hydrogens (tertiary/aromatic N) is 1.